The van der Waals surface area contributed by atoms with E-state index < -0.39 is 5.91 Å². The highest BCUT2D eigenvalue weighted by molar-refractivity contribution is 6.30. The number of hydrogen-bond acceptors (Lipinski definition) is 5. The highest BCUT2D eigenvalue weighted by Gasteiger charge is 2.17. The molecule has 0 atom stereocenters. The number of benzene rings is 3. The first-order valence-electron chi connectivity index (χ1n) is 10.6. The summed E-state index contributed by atoms with van der Waals surface area (Å²) in [5.74, 6) is 0.576. The van der Waals surface area contributed by atoms with Gasteiger partial charge >= 0.3 is 0 Å². The Hall–Kier alpha value is -4.54. The van der Waals surface area contributed by atoms with Crippen molar-refractivity contribution in [1.29, 1.82) is 5.26 Å². The number of methoxy groups -OCH3 is 2. The van der Waals surface area contributed by atoms with Crippen molar-refractivity contribution in [3.8, 4) is 34.5 Å². The van der Waals surface area contributed by atoms with Gasteiger partial charge in [-0.1, -0.05) is 29.8 Å². The zero-order chi connectivity index (χ0) is 24.8. The van der Waals surface area contributed by atoms with Crippen LogP contribution in [0.15, 0.2) is 84.6 Å². The van der Waals surface area contributed by atoms with Gasteiger partial charge in [0.25, 0.3) is 5.91 Å². The van der Waals surface area contributed by atoms with E-state index in [0.717, 1.165) is 11.3 Å². The van der Waals surface area contributed by atoms with Crippen LogP contribution >= 0.6 is 11.6 Å². The van der Waals surface area contributed by atoms with E-state index in [0.29, 0.717) is 33.5 Å². The highest BCUT2D eigenvalue weighted by Crippen LogP contribution is 2.34. The molecule has 0 radical (unpaired) electrons. The molecule has 0 spiro atoms. The molecule has 4 rings (SSSR count). The highest BCUT2D eigenvalue weighted by atomic mass is 35.5. The molecule has 4 aromatic rings. The second kappa shape index (κ2) is 10.6. The Morgan fingerprint density at radius 3 is 2.40 bits per heavy atom. The molecule has 0 unspecified atom stereocenters. The van der Waals surface area contributed by atoms with Crippen molar-refractivity contribution in [3.63, 3.8) is 0 Å². The topological polar surface area (TPSA) is 89.2 Å². The average molecular weight is 485 g/mol. The first-order valence-corrected chi connectivity index (χ1v) is 11.0. The van der Waals surface area contributed by atoms with E-state index in [1.54, 1.807) is 61.5 Å². The van der Waals surface area contributed by atoms with Crippen molar-refractivity contribution < 1.29 is 14.3 Å². The molecule has 0 aliphatic heterocycles. The molecule has 35 heavy (non-hydrogen) atoms. The lowest BCUT2D eigenvalue weighted by Crippen LogP contribution is -2.13. The lowest BCUT2D eigenvalue weighted by atomic mass is 10.1. The zero-order valence-corrected chi connectivity index (χ0v) is 19.8. The number of carbonyl (C=O) groups excluding carboxylic acids is 1. The quantitative estimate of drug-likeness (QED) is 0.266. The van der Waals surface area contributed by atoms with E-state index >= 15 is 0 Å². The van der Waals surface area contributed by atoms with Crippen molar-refractivity contribution in [3.05, 3.63) is 95.2 Å². The minimum Gasteiger partial charge on any atom is -0.493 e. The van der Waals surface area contributed by atoms with Crippen molar-refractivity contribution in [1.82, 2.24) is 9.78 Å². The fraction of sp³-hybridized carbons (Fsp3) is 0.0741. The molecule has 0 fully saturated rings. The minimum atomic E-state index is -0.541. The Kier molecular flexibility index (Phi) is 7.15. The van der Waals surface area contributed by atoms with E-state index in [1.807, 2.05) is 42.5 Å². The van der Waals surface area contributed by atoms with Crippen molar-refractivity contribution in [2.75, 3.05) is 19.5 Å². The summed E-state index contributed by atoms with van der Waals surface area (Å²) in [5, 5.41) is 17.8. The van der Waals surface area contributed by atoms with Gasteiger partial charge in [-0.05, 0) is 60.7 Å². The number of amides is 1. The van der Waals surface area contributed by atoms with Gasteiger partial charge in [-0.25, -0.2) is 4.68 Å². The molecular formula is C27H21ClN4O3. The molecule has 1 heterocycles. The number of ether oxygens (including phenoxy) is 2. The van der Waals surface area contributed by atoms with Crippen LogP contribution in [0.5, 0.6) is 11.5 Å². The smallest absolute Gasteiger partial charge is 0.266 e. The Morgan fingerprint density at radius 1 is 1.03 bits per heavy atom. The molecule has 1 aromatic heterocycles. The van der Waals surface area contributed by atoms with Gasteiger partial charge in [-0.2, -0.15) is 10.4 Å². The van der Waals surface area contributed by atoms with Crippen LogP contribution in [0.1, 0.15) is 5.56 Å². The lowest BCUT2D eigenvalue weighted by molar-refractivity contribution is -0.112. The first kappa shape index (κ1) is 23.6. The van der Waals surface area contributed by atoms with E-state index in [9.17, 15) is 10.1 Å². The normalized spacial score (nSPS) is 11.0. The van der Waals surface area contributed by atoms with Gasteiger partial charge < -0.3 is 14.8 Å². The third-order valence-corrected chi connectivity index (χ3v) is 5.44. The van der Waals surface area contributed by atoms with Crippen molar-refractivity contribution >= 4 is 29.3 Å². The van der Waals surface area contributed by atoms with Crippen LogP contribution in [0, 0.1) is 11.3 Å². The summed E-state index contributed by atoms with van der Waals surface area (Å²) in [6, 6.07) is 23.6. The monoisotopic (exact) mass is 484 g/mol. The summed E-state index contributed by atoms with van der Waals surface area (Å²) in [6.07, 6.45) is 3.29. The Labute approximate surface area is 207 Å². The molecule has 1 N–H and O–H groups in total. The second-order valence-electron chi connectivity index (χ2n) is 7.41. The van der Waals surface area contributed by atoms with Gasteiger partial charge in [0.2, 0.25) is 0 Å². The lowest BCUT2D eigenvalue weighted by Gasteiger charge is -2.09. The number of anilines is 1. The van der Waals surface area contributed by atoms with E-state index in [1.165, 1.54) is 6.08 Å². The minimum absolute atomic E-state index is 0.0747. The predicted octanol–water partition coefficient (Wildman–Crippen LogP) is 5.76. The average Bonchev–Trinajstić information content (AvgIpc) is 3.32. The predicted molar refractivity (Wildman–Crippen MR) is 136 cm³/mol. The van der Waals surface area contributed by atoms with Gasteiger partial charge in [0.1, 0.15) is 17.3 Å². The molecule has 8 heteroatoms. The molecule has 1 amide bonds. The maximum atomic E-state index is 12.8. The third-order valence-electron chi connectivity index (χ3n) is 5.19. The summed E-state index contributed by atoms with van der Waals surface area (Å²) in [4.78, 5) is 12.8. The van der Waals surface area contributed by atoms with Crippen molar-refractivity contribution in [2.24, 2.45) is 0 Å². The third kappa shape index (κ3) is 5.35. The SMILES string of the molecule is COc1ccc(-c2nn(-c3ccccc3)cc2/C=C(/C#N)C(=O)Nc2ccc(Cl)cc2)cc1OC. The molecule has 0 aliphatic rings. The van der Waals surface area contributed by atoms with Crippen LogP contribution in [-0.2, 0) is 4.79 Å². The molecule has 7 nitrogen and oxygen atoms in total. The number of aromatic nitrogens is 2. The molecule has 0 aliphatic carbocycles. The van der Waals surface area contributed by atoms with Crippen LogP contribution in [0.4, 0.5) is 5.69 Å². The standard InChI is InChI=1S/C27H21ClN4O3/c1-34-24-13-8-18(15-25(24)35-2)26-20(17-32(31-26)23-6-4-3-5-7-23)14-19(16-29)27(33)30-22-11-9-21(28)10-12-22/h3-15,17H,1-2H3,(H,30,33)/b19-14-. The molecule has 3 aromatic carbocycles. The van der Waals surface area contributed by atoms with Gasteiger partial charge in [-0.15, -0.1) is 0 Å². The Morgan fingerprint density at radius 2 is 1.74 bits per heavy atom. The number of halogens is 1. The second-order valence-corrected chi connectivity index (χ2v) is 7.85. The van der Waals surface area contributed by atoms with Crippen LogP contribution in [0.3, 0.4) is 0 Å². The fourth-order valence-corrected chi connectivity index (χ4v) is 3.58. The summed E-state index contributed by atoms with van der Waals surface area (Å²) in [6.45, 7) is 0. The van der Waals surface area contributed by atoms with E-state index in [2.05, 4.69) is 5.32 Å². The Bertz CT molecular complexity index is 1420. The van der Waals surface area contributed by atoms with Crippen LogP contribution in [-0.4, -0.2) is 29.9 Å². The number of para-hydroxylation sites is 1. The number of hydrogen-bond donors (Lipinski definition) is 1. The first-order chi connectivity index (χ1) is 17.0. The molecular weight excluding hydrogens is 464 g/mol. The van der Waals surface area contributed by atoms with Gasteiger partial charge in [0, 0.05) is 28.0 Å². The molecule has 0 saturated carbocycles. The summed E-state index contributed by atoms with van der Waals surface area (Å²) in [7, 11) is 3.12. The van der Waals surface area contributed by atoms with Crippen LogP contribution < -0.4 is 14.8 Å². The van der Waals surface area contributed by atoms with E-state index in [4.69, 9.17) is 26.2 Å². The van der Waals surface area contributed by atoms with Gasteiger partial charge in [0.15, 0.2) is 11.5 Å². The van der Waals surface area contributed by atoms with Crippen molar-refractivity contribution in [2.45, 2.75) is 0 Å². The maximum Gasteiger partial charge on any atom is 0.266 e. The fourth-order valence-electron chi connectivity index (χ4n) is 3.45. The Balaban J connectivity index is 1.78. The maximum absolute atomic E-state index is 12.8. The van der Waals surface area contributed by atoms with E-state index in [-0.39, 0.29) is 5.57 Å². The van der Waals surface area contributed by atoms with Crippen LogP contribution in [0.2, 0.25) is 5.02 Å². The van der Waals surface area contributed by atoms with Crippen LogP contribution in [0.25, 0.3) is 23.0 Å². The number of nitrogens with one attached hydrogen (secondary N) is 1. The number of nitriles is 1. The largest absolute Gasteiger partial charge is 0.493 e. The molecule has 0 bridgehead atoms. The molecule has 0 saturated heterocycles. The number of nitrogens with zero attached hydrogens (tertiary/aromatic N) is 3. The summed E-state index contributed by atoms with van der Waals surface area (Å²) >= 11 is 5.91. The zero-order valence-electron chi connectivity index (χ0n) is 19.0. The molecule has 174 valence electrons. The number of carbonyl (C=O) groups is 1. The van der Waals surface area contributed by atoms with Gasteiger partial charge in [-0.3, -0.25) is 4.79 Å². The number of rotatable bonds is 7. The summed E-state index contributed by atoms with van der Waals surface area (Å²) < 4.78 is 12.5. The van der Waals surface area contributed by atoms with Gasteiger partial charge in [0.05, 0.1) is 19.9 Å². The summed E-state index contributed by atoms with van der Waals surface area (Å²) in [5.41, 5.74) is 3.18.